The Morgan fingerprint density at radius 1 is 1.10 bits per heavy atom. The summed E-state index contributed by atoms with van der Waals surface area (Å²) in [6.45, 7) is 6.29. The molecule has 5 nitrogen and oxygen atoms in total. The van der Waals surface area contributed by atoms with Crippen molar-refractivity contribution in [2.75, 3.05) is 0 Å². The monoisotopic (exact) mass is 390 g/mol. The summed E-state index contributed by atoms with van der Waals surface area (Å²) >= 11 is 0. The van der Waals surface area contributed by atoms with Crippen LogP contribution in [0.2, 0.25) is 0 Å². The molecule has 0 radical (unpaired) electrons. The number of hydrazone groups is 1. The summed E-state index contributed by atoms with van der Waals surface area (Å²) in [4.78, 5) is 12.4. The molecular formula is C23H23FN4O. The molecule has 0 atom stereocenters. The van der Waals surface area contributed by atoms with E-state index in [9.17, 15) is 9.18 Å². The van der Waals surface area contributed by atoms with E-state index in [2.05, 4.69) is 24.4 Å². The summed E-state index contributed by atoms with van der Waals surface area (Å²) in [7, 11) is 0. The molecule has 0 saturated heterocycles. The Labute approximate surface area is 169 Å². The quantitative estimate of drug-likeness (QED) is 0.673. The van der Waals surface area contributed by atoms with Crippen LogP contribution in [0.25, 0.3) is 5.69 Å². The number of amides is 1. The Morgan fingerprint density at radius 2 is 1.79 bits per heavy atom. The summed E-state index contributed by atoms with van der Waals surface area (Å²) in [5.74, 6) is -1.13. The topological polar surface area (TPSA) is 59.3 Å². The number of halogens is 1. The lowest BCUT2D eigenvalue weighted by Gasteiger charge is -2.31. The smallest absolute Gasteiger partial charge is 0.267 e. The van der Waals surface area contributed by atoms with Crippen LogP contribution in [0.3, 0.4) is 0 Å². The minimum absolute atomic E-state index is 0.0242. The number of aromatic nitrogens is 2. The van der Waals surface area contributed by atoms with Crippen LogP contribution in [-0.4, -0.2) is 21.4 Å². The van der Waals surface area contributed by atoms with Gasteiger partial charge < -0.3 is 0 Å². The van der Waals surface area contributed by atoms with E-state index >= 15 is 0 Å². The average molecular weight is 390 g/mol. The number of hydrogen-bond acceptors (Lipinski definition) is 3. The van der Waals surface area contributed by atoms with Gasteiger partial charge in [0.1, 0.15) is 5.82 Å². The van der Waals surface area contributed by atoms with Crippen LogP contribution >= 0.6 is 0 Å². The maximum absolute atomic E-state index is 13.9. The summed E-state index contributed by atoms with van der Waals surface area (Å²) in [5.41, 5.74) is 7.11. The highest BCUT2D eigenvalue weighted by molar-refractivity contribution is 6.05. The fraction of sp³-hybridized carbons (Fsp3) is 0.261. The van der Waals surface area contributed by atoms with Gasteiger partial charge in [0, 0.05) is 5.56 Å². The van der Waals surface area contributed by atoms with Gasteiger partial charge in [-0.15, -0.1) is 0 Å². The lowest BCUT2D eigenvalue weighted by atomic mass is 9.75. The lowest BCUT2D eigenvalue weighted by molar-refractivity contribution is 0.0950. The molecule has 1 aliphatic rings. The van der Waals surface area contributed by atoms with E-state index in [4.69, 9.17) is 5.10 Å². The van der Waals surface area contributed by atoms with Crippen molar-refractivity contribution < 1.29 is 9.18 Å². The zero-order valence-electron chi connectivity index (χ0n) is 16.7. The van der Waals surface area contributed by atoms with Gasteiger partial charge in [0.05, 0.1) is 28.4 Å². The Morgan fingerprint density at radius 3 is 2.52 bits per heavy atom. The van der Waals surface area contributed by atoms with Gasteiger partial charge in [-0.05, 0) is 49.4 Å². The number of nitrogens with zero attached hydrogens (tertiary/aromatic N) is 3. The summed E-state index contributed by atoms with van der Waals surface area (Å²) in [6.07, 6.45) is 1.54. The van der Waals surface area contributed by atoms with Crippen LogP contribution in [0.15, 0.2) is 59.7 Å². The molecule has 0 unspecified atom stereocenters. The fourth-order valence-corrected chi connectivity index (χ4v) is 3.87. The first-order valence-corrected chi connectivity index (χ1v) is 9.61. The Hall–Kier alpha value is -3.28. The third-order valence-electron chi connectivity index (χ3n) is 5.15. The molecular weight excluding hydrogens is 367 g/mol. The highest BCUT2D eigenvalue weighted by atomic mass is 19.1. The first-order valence-electron chi connectivity index (χ1n) is 9.61. The third kappa shape index (κ3) is 3.70. The Balaban J connectivity index is 1.73. The predicted molar refractivity (Wildman–Crippen MR) is 111 cm³/mol. The van der Waals surface area contributed by atoms with Gasteiger partial charge in [0.15, 0.2) is 0 Å². The molecule has 0 aliphatic heterocycles. The number of aryl methyl sites for hydroxylation is 1. The normalized spacial score (nSPS) is 16.5. The minimum Gasteiger partial charge on any atom is -0.267 e. The van der Waals surface area contributed by atoms with E-state index < -0.39 is 11.7 Å². The summed E-state index contributed by atoms with van der Waals surface area (Å²) in [5, 5.41) is 9.14. The second-order valence-electron chi connectivity index (χ2n) is 8.15. The van der Waals surface area contributed by atoms with E-state index in [-0.39, 0.29) is 11.0 Å². The first kappa shape index (κ1) is 19.1. The number of benzene rings is 2. The van der Waals surface area contributed by atoms with Crippen molar-refractivity contribution >= 4 is 11.6 Å². The van der Waals surface area contributed by atoms with Gasteiger partial charge in [-0.2, -0.15) is 10.2 Å². The van der Waals surface area contributed by atoms with E-state index in [1.807, 2.05) is 41.9 Å². The molecule has 0 saturated carbocycles. The molecule has 0 spiro atoms. The first-order chi connectivity index (χ1) is 13.9. The summed E-state index contributed by atoms with van der Waals surface area (Å²) < 4.78 is 15.9. The van der Waals surface area contributed by atoms with Crippen molar-refractivity contribution in [2.24, 2.45) is 10.5 Å². The van der Waals surface area contributed by atoms with Crippen LogP contribution in [0.4, 0.5) is 4.39 Å². The van der Waals surface area contributed by atoms with Gasteiger partial charge >= 0.3 is 0 Å². The molecule has 0 bridgehead atoms. The Kier molecular flexibility index (Phi) is 4.78. The van der Waals surface area contributed by atoms with Crippen molar-refractivity contribution in [2.45, 2.75) is 33.6 Å². The van der Waals surface area contributed by atoms with Crippen LogP contribution in [0.1, 0.15) is 47.6 Å². The maximum atomic E-state index is 13.9. The van der Waals surface area contributed by atoms with E-state index in [1.165, 1.54) is 12.1 Å². The van der Waals surface area contributed by atoms with Gasteiger partial charge in [0.2, 0.25) is 0 Å². The summed E-state index contributed by atoms with van der Waals surface area (Å²) in [6, 6.07) is 15.9. The average Bonchev–Trinajstić information content (AvgIpc) is 3.02. The largest absolute Gasteiger partial charge is 0.274 e. The van der Waals surface area contributed by atoms with E-state index in [1.54, 1.807) is 12.1 Å². The SMILES string of the molecule is Cc1nn(-c2ccccc2)c2c1/C(=N/NC(=O)c1ccccc1F)CC(C)(C)C2. The van der Waals surface area contributed by atoms with E-state index in [0.717, 1.165) is 34.8 Å². The van der Waals surface area contributed by atoms with Gasteiger partial charge in [-0.3, -0.25) is 4.79 Å². The highest BCUT2D eigenvalue weighted by Crippen LogP contribution is 2.37. The zero-order chi connectivity index (χ0) is 20.6. The number of carbonyl (C=O) groups is 1. The number of nitrogens with one attached hydrogen (secondary N) is 1. The number of fused-ring (bicyclic) bond motifs is 1. The Bertz CT molecular complexity index is 1100. The second-order valence-corrected chi connectivity index (χ2v) is 8.15. The number of para-hydroxylation sites is 1. The minimum atomic E-state index is -0.567. The van der Waals surface area contributed by atoms with Crippen molar-refractivity contribution in [3.63, 3.8) is 0 Å². The molecule has 1 aliphatic carbocycles. The number of hydrogen-bond donors (Lipinski definition) is 1. The third-order valence-corrected chi connectivity index (χ3v) is 5.15. The number of carbonyl (C=O) groups excluding carboxylic acids is 1. The molecule has 0 fully saturated rings. The molecule has 4 rings (SSSR count). The van der Waals surface area contributed by atoms with Crippen molar-refractivity contribution in [3.8, 4) is 5.69 Å². The van der Waals surface area contributed by atoms with Crippen LogP contribution < -0.4 is 5.43 Å². The van der Waals surface area contributed by atoms with Crippen LogP contribution in [-0.2, 0) is 6.42 Å². The standard InChI is InChI=1S/C23H23FN4O/c1-15-21-19(25-26-22(29)17-11-7-8-12-18(17)24)13-23(2,3)14-20(21)28(27-15)16-9-5-4-6-10-16/h4-12H,13-14H2,1-3H3,(H,26,29)/b25-19+. The van der Waals surface area contributed by atoms with Gasteiger partial charge in [0.25, 0.3) is 5.91 Å². The second kappa shape index (κ2) is 7.28. The van der Waals surface area contributed by atoms with Crippen molar-refractivity contribution in [1.82, 2.24) is 15.2 Å². The molecule has 1 amide bonds. The molecule has 1 heterocycles. The highest BCUT2D eigenvalue weighted by Gasteiger charge is 2.34. The lowest BCUT2D eigenvalue weighted by Crippen LogP contribution is -2.31. The molecule has 29 heavy (non-hydrogen) atoms. The molecule has 6 heteroatoms. The van der Waals surface area contributed by atoms with Crippen LogP contribution in [0.5, 0.6) is 0 Å². The maximum Gasteiger partial charge on any atom is 0.274 e. The molecule has 3 aromatic rings. The molecule has 1 aromatic heterocycles. The zero-order valence-corrected chi connectivity index (χ0v) is 16.7. The fourth-order valence-electron chi connectivity index (χ4n) is 3.87. The molecule has 148 valence electrons. The van der Waals surface area contributed by atoms with E-state index in [0.29, 0.717) is 6.42 Å². The molecule has 1 N–H and O–H groups in total. The predicted octanol–water partition coefficient (Wildman–Crippen LogP) is 4.43. The van der Waals surface area contributed by atoms with Crippen molar-refractivity contribution in [3.05, 3.63) is 82.9 Å². The number of rotatable bonds is 3. The molecule has 2 aromatic carbocycles. The van der Waals surface area contributed by atoms with Crippen LogP contribution in [0, 0.1) is 18.2 Å². The van der Waals surface area contributed by atoms with Gasteiger partial charge in [-0.1, -0.05) is 44.2 Å². The van der Waals surface area contributed by atoms with Crippen molar-refractivity contribution in [1.29, 1.82) is 0 Å². The van der Waals surface area contributed by atoms with Gasteiger partial charge in [-0.25, -0.2) is 14.5 Å².